The predicted molar refractivity (Wildman–Crippen MR) is 127 cm³/mol. The number of nitro groups is 1. The number of carbonyl (C=O) groups is 1. The number of ether oxygens (including phenoxy) is 1. The van der Waals surface area contributed by atoms with Crippen molar-refractivity contribution in [3.63, 3.8) is 0 Å². The van der Waals surface area contributed by atoms with Crippen molar-refractivity contribution in [1.29, 1.82) is 0 Å². The molecule has 1 aliphatic rings. The van der Waals surface area contributed by atoms with Gasteiger partial charge in [0.05, 0.1) is 22.5 Å². The van der Waals surface area contributed by atoms with Crippen molar-refractivity contribution in [2.45, 2.75) is 26.4 Å². The summed E-state index contributed by atoms with van der Waals surface area (Å²) in [6.07, 6.45) is 5.08. The van der Waals surface area contributed by atoms with Gasteiger partial charge in [0, 0.05) is 28.7 Å². The number of halogens is 1. The van der Waals surface area contributed by atoms with Crippen LogP contribution in [0.2, 0.25) is 5.02 Å². The number of H-pyrrole nitrogens is 1. The Morgan fingerprint density at radius 1 is 1.18 bits per heavy atom. The second-order valence-corrected chi connectivity index (χ2v) is 7.82. The molecule has 10 heteroatoms. The maximum atomic E-state index is 11.9. The lowest BCUT2D eigenvalue weighted by molar-refractivity contribution is -0.431. The fourth-order valence-electron chi connectivity index (χ4n) is 3.62. The molecular weight excluding hydrogens is 460 g/mol. The van der Waals surface area contributed by atoms with Crippen LogP contribution in [0.1, 0.15) is 30.9 Å². The third-order valence-corrected chi connectivity index (χ3v) is 5.35. The van der Waals surface area contributed by atoms with Crippen molar-refractivity contribution < 1.29 is 19.6 Å². The van der Waals surface area contributed by atoms with Crippen molar-refractivity contribution in [2.24, 2.45) is 0 Å². The van der Waals surface area contributed by atoms with E-state index in [1.165, 1.54) is 0 Å². The summed E-state index contributed by atoms with van der Waals surface area (Å²) in [6.45, 7) is 3.36. The van der Waals surface area contributed by atoms with E-state index in [2.05, 4.69) is 15.3 Å². The van der Waals surface area contributed by atoms with Crippen LogP contribution < -0.4 is 10.1 Å². The minimum atomic E-state index is -1.22. The van der Waals surface area contributed by atoms with Gasteiger partial charge in [-0.1, -0.05) is 41.9 Å². The first-order valence-corrected chi connectivity index (χ1v) is 10.6. The molecule has 0 amide bonds. The fourth-order valence-corrected chi connectivity index (χ4v) is 3.74. The van der Waals surface area contributed by atoms with Crippen molar-refractivity contribution in [2.75, 3.05) is 0 Å². The van der Waals surface area contributed by atoms with E-state index in [1.807, 2.05) is 12.1 Å². The van der Waals surface area contributed by atoms with Gasteiger partial charge < -0.3 is 20.1 Å². The molecule has 0 saturated carbocycles. The van der Waals surface area contributed by atoms with Crippen LogP contribution in [0.15, 0.2) is 89.9 Å². The van der Waals surface area contributed by atoms with E-state index in [4.69, 9.17) is 16.3 Å². The minimum absolute atomic E-state index is 0.0788. The number of imidazole rings is 1. The van der Waals surface area contributed by atoms with Crippen molar-refractivity contribution in [3.05, 3.63) is 116 Å². The number of carboxylic acids is 1. The van der Waals surface area contributed by atoms with Crippen molar-refractivity contribution in [3.8, 4) is 5.75 Å². The van der Waals surface area contributed by atoms with Crippen LogP contribution in [-0.4, -0.2) is 26.0 Å². The van der Waals surface area contributed by atoms with Gasteiger partial charge in [0.1, 0.15) is 18.3 Å². The van der Waals surface area contributed by atoms with E-state index in [-0.39, 0.29) is 17.9 Å². The van der Waals surface area contributed by atoms with Crippen LogP contribution in [0, 0.1) is 10.1 Å². The number of aliphatic carboxylic acids is 1. The number of carboxylic acid groups (broad SMARTS) is 1. The summed E-state index contributed by atoms with van der Waals surface area (Å²) in [4.78, 5) is 29.6. The summed E-state index contributed by atoms with van der Waals surface area (Å²) >= 11 is 5.90. The summed E-state index contributed by atoms with van der Waals surface area (Å²) in [5.74, 6) is -1.91. The Bertz CT molecular complexity index is 1170. The molecule has 0 bridgehead atoms. The highest BCUT2D eigenvalue weighted by molar-refractivity contribution is 6.30. The largest absolute Gasteiger partial charge is 0.489 e. The Morgan fingerprint density at radius 3 is 2.44 bits per heavy atom. The lowest BCUT2D eigenvalue weighted by atomic mass is 9.83. The van der Waals surface area contributed by atoms with E-state index in [9.17, 15) is 20.0 Å². The van der Waals surface area contributed by atoms with Crippen LogP contribution in [0.25, 0.3) is 0 Å². The van der Waals surface area contributed by atoms with Gasteiger partial charge in [0.25, 0.3) is 5.70 Å². The summed E-state index contributed by atoms with van der Waals surface area (Å²) in [5, 5.41) is 25.0. The fraction of sp³-hybridized carbons (Fsp3) is 0.167. The third kappa shape index (κ3) is 5.81. The van der Waals surface area contributed by atoms with Crippen LogP contribution in [0.4, 0.5) is 0 Å². The number of hydrogen-bond acceptors (Lipinski definition) is 6. The molecule has 176 valence electrons. The van der Waals surface area contributed by atoms with Gasteiger partial charge in [0.2, 0.25) is 0 Å². The lowest BCUT2D eigenvalue weighted by Crippen LogP contribution is -2.31. The molecule has 1 aromatic heterocycles. The number of hydrogen-bond donors (Lipinski definition) is 3. The van der Waals surface area contributed by atoms with E-state index >= 15 is 0 Å². The molecule has 0 fully saturated rings. The number of aromatic nitrogens is 2. The molecule has 2 heterocycles. The molecule has 4 rings (SSSR count). The average molecular weight is 483 g/mol. The Hall–Kier alpha value is -4.11. The van der Waals surface area contributed by atoms with E-state index < -0.39 is 16.8 Å². The van der Waals surface area contributed by atoms with E-state index in [1.54, 1.807) is 69.0 Å². The summed E-state index contributed by atoms with van der Waals surface area (Å²) in [7, 11) is 0. The van der Waals surface area contributed by atoms with E-state index in [0.29, 0.717) is 27.7 Å². The average Bonchev–Trinajstić information content (AvgIpc) is 3.38. The Balaban J connectivity index is 0.000000574. The predicted octanol–water partition coefficient (Wildman–Crippen LogP) is 4.88. The maximum absolute atomic E-state index is 11.9. The maximum Gasteiger partial charge on any atom is 0.334 e. The smallest absolute Gasteiger partial charge is 0.334 e. The molecule has 34 heavy (non-hydrogen) atoms. The summed E-state index contributed by atoms with van der Waals surface area (Å²) in [5.41, 5.74) is 1.65. The number of allylic oxidation sites excluding steroid dienone is 3. The first-order chi connectivity index (χ1) is 16.3. The number of dihydropyridines is 1. The summed E-state index contributed by atoms with van der Waals surface area (Å²) in [6, 6.07) is 13.9. The monoisotopic (exact) mass is 482 g/mol. The molecule has 0 radical (unpaired) electrons. The molecular formula is C24H23ClN4O5. The van der Waals surface area contributed by atoms with Gasteiger partial charge in [-0.2, -0.15) is 0 Å². The normalized spacial score (nSPS) is 15.2. The zero-order valence-corrected chi connectivity index (χ0v) is 19.2. The highest BCUT2D eigenvalue weighted by Crippen LogP contribution is 2.42. The Labute approximate surface area is 200 Å². The van der Waals surface area contributed by atoms with Gasteiger partial charge in [-0.25, -0.2) is 9.78 Å². The minimum Gasteiger partial charge on any atom is -0.489 e. The van der Waals surface area contributed by atoms with Crippen LogP contribution in [0.5, 0.6) is 5.75 Å². The van der Waals surface area contributed by atoms with Gasteiger partial charge >= 0.3 is 5.97 Å². The number of benzene rings is 2. The highest BCUT2D eigenvalue weighted by Gasteiger charge is 2.41. The molecule has 1 unspecified atom stereocenters. The van der Waals surface area contributed by atoms with Gasteiger partial charge in [-0.15, -0.1) is 0 Å². The van der Waals surface area contributed by atoms with E-state index in [0.717, 1.165) is 5.56 Å². The summed E-state index contributed by atoms with van der Waals surface area (Å²) < 4.78 is 5.92. The van der Waals surface area contributed by atoms with Crippen molar-refractivity contribution >= 4 is 17.6 Å². The van der Waals surface area contributed by atoms with Gasteiger partial charge in [-0.3, -0.25) is 10.1 Å². The zero-order chi connectivity index (χ0) is 24.7. The first kappa shape index (κ1) is 24.5. The zero-order valence-electron chi connectivity index (χ0n) is 18.5. The number of nitrogens with one attached hydrogen (secondary N) is 2. The Kier molecular flexibility index (Phi) is 8.05. The van der Waals surface area contributed by atoms with Crippen molar-refractivity contribution in [1.82, 2.24) is 15.3 Å². The molecule has 3 aromatic rings. The molecule has 2 aromatic carbocycles. The number of nitrogens with zero attached hydrogens (tertiary/aromatic N) is 2. The topological polar surface area (TPSA) is 130 Å². The lowest BCUT2D eigenvalue weighted by Gasteiger charge is -2.26. The second-order valence-electron chi connectivity index (χ2n) is 7.38. The standard InChI is InChI=1S/C21H19ClN2O5.C3H4N2/c1-12-18(21(25)26)19(20(24(27)28)13(2)23-12)16-5-3-4-6-17(16)29-11-14-7-9-15(22)10-8-14;1-2-5-3-4-1/h3-10,19,23H,11H2,1-2H3,(H,25,26);1-3H,(H,4,5). The van der Waals surface area contributed by atoms with Crippen LogP contribution in [0.3, 0.4) is 0 Å². The van der Waals surface area contributed by atoms with Crippen LogP contribution >= 0.6 is 11.6 Å². The number of rotatable bonds is 6. The van der Waals surface area contributed by atoms with Gasteiger partial charge in [-0.05, 0) is 37.6 Å². The highest BCUT2D eigenvalue weighted by atomic mass is 35.5. The quantitative estimate of drug-likeness (QED) is 0.337. The molecule has 1 atom stereocenters. The third-order valence-electron chi connectivity index (χ3n) is 5.10. The first-order valence-electron chi connectivity index (χ1n) is 10.2. The molecule has 3 N–H and O–H groups in total. The number of aromatic amines is 1. The van der Waals surface area contributed by atoms with Gasteiger partial charge in [0.15, 0.2) is 0 Å². The molecule has 0 aliphatic carbocycles. The molecule has 9 nitrogen and oxygen atoms in total. The SMILES string of the molecule is CC1=C(C(=O)O)C(c2ccccc2OCc2ccc(Cl)cc2)C([N+](=O)[O-])=C(C)N1.c1c[nH]cn1. The van der Waals surface area contributed by atoms with Crippen LogP contribution in [-0.2, 0) is 11.4 Å². The number of para-hydroxylation sites is 1. The Morgan fingerprint density at radius 2 is 1.88 bits per heavy atom. The second kappa shape index (κ2) is 11.2. The molecule has 0 spiro atoms. The molecule has 1 aliphatic heterocycles. The molecule has 0 saturated heterocycles.